The van der Waals surface area contributed by atoms with Crippen LogP contribution in [0.5, 0.6) is 23.0 Å². The van der Waals surface area contributed by atoms with Gasteiger partial charge in [-0.1, -0.05) is 25.1 Å². The van der Waals surface area contributed by atoms with Crippen LogP contribution in [-0.2, 0) is 4.79 Å². The quantitative estimate of drug-likeness (QED) is 0.560. The van der Waals surface area contributed by atoms with Gasteiger partial charge in [-0.3, -0.25) is 4.79 Å². The maximum absolute atomic E-state index is 12.9. The lowest BCUT2D eigenvalue weighted by molar-refractivity contribution is -0.121. The van der Waals surface area contributed by atoms with Gasteiger partial charge in [-0.15, -0.1) is 0 Å². The minimum Gasteiger partial charge on any atom is -0.495 e. The Morgan fingerprint density at radius 3 is 2.06 bits per heavy atom. The third-order valence-electron chi connectivity index (χ3n) is 6.04. The molecule has 1 aliphatic rings. The molecule has 1 heterocycles. The Bertz CT molecular complexity index is 956. The molecule has 1 fully saturated rings. The molecule has 0 spiro atoms. The molecule has 0 bridgehead atoms. The van der Waals surface area contributed by atoms with Crippen molar-refractivity contribution >= 4 is 23.7 Å². The van der Waals surface area contributed by atoms with Gasteiger partial charge in [0.1, 0.15) is 5.75 Å². The zero-order valence-electron chi connectivity index (χ0n) is 20.1. The Balaban J connectivity index is 1.78. The minimum absolute atomic E-state index is 0.0240. The summed E-state index contributed by atoms with van der Waals surface area (Å²) in [6, 6.07) is 9.50. The summed E-state index contributed by atoms with van der Waals surface area (Å²) in [6.07, 6.45) is 5.68. The van der Waals surface area contributed by atoms with Crippen molar-refractivity contribution in [3.63, 3.8) is 0 Å². The van der Waals surface area contributed by atoms with E-state index in [1.807, 2.05) is 42.5 Å². The number of nitrogens with zero attached hydrogens (tertiary/aromatic N) is 1. The number of carbonyl (C=O) groups is 1. The molecular formula is C26H34N2O5. The second kappa shape index (κ2) is 11.6. The summed E-state index contributed by atoms with van der Waals surface area (Å²) in [5.41, 5.74) is 2.50. The average Bonchev–Trinajstić information content (AvgIpc) is 2.86. The predicted octanol–water partition coefficient (Wildman–Crippen LogP) is 4.56. The number of nitrogens with one attached hydrogen (secondary N) is 1. The van der Waals surface area contributed by atoms with E-state index in [-0.39, 0.29) is 11.8 Å². The van der Waals surface area contributed by atoms with Crippen LogP contribution in [0.3, 0.4) is 0 Å². The summed E-state index contributed by atoms with van der Waals surface area (Å²) in [5.74, 6) is 2.45. The van der Waals surface area contributed by atoms with Crippen LogP contribution in [0, 0.1) is 5.92 Å². The van der Waals surface area contributed by atoms with Gasteiger partial charge in [0.25, 0.3) is 0 Å². The number of likely N-dealkylation sites (tertiary alicyclic amines) is 1. The number of hydrogen-bond acceptors (Lipinski definition) is 6. The second-order valence-electron chi connectivity index (χ2n) is 7.95. The first-order valence-corrected chi connectivity index (χ1v) is 11.2. The van der Waals surface area contributed by atoms with Crippen LogP contribution in [-0.4, -0.2) is 58.9 Å². The zero-order chi connectivity index (χ0) is 23.8. The van der Waals surface area contributed by atoms with E-state index in [1.165, 1.54) is 0 Å². The van der Waals surface area contributed by atoms with Crippen LogP contribution in [0.15, 0.2) is 30.3 Å². The zero-order valence-corrected chi connectivity index (χ0v) is 20.1. The Morgan fingerprint density at radius 2 is 1.52 bits per heavy atom. The third-order valence-corrected chi connectivity index (χ3v) is 6.04. The summed E-state index contributed by atoms with van der Waals surface area (Å²) in [6.45, 7) is 5.11. The molecule has 3 rings (SSSR count). The lowest BCUT2D eigenvalue weighted by Crippen LogP contribution is -2.38. The number of carbonyl (C=O) groups excluding carboxylic acids is 1. The number of piperidine rings is 1. The highest BCUT2D eigenvalue weighted by Gasteiger charge is 2.25. The van der Waals surface area contributed by atoms with Crippen LogP contribution < -0.4 is 24.3 Å². The first kappa shape index (κ1) is 24.5. The van der Waals surface area contributed by atoms with Crippen molar-refractivity contribution in [1.29, 1.82) is 0 Å². The maximum Gasteiger partial charge on any atom is 0.227 e. The van der Waals surface area contributed by atoms with Crippen molar-refractivity contribution in [2.75, 3.05) is 53.4 Å². The molecule has 0 unspecified atom stereocenters. The first-order valence-electron chi connectivity index (χ1n) is 11.2. The molecule has 0 radical (unpaired) electrons. The van der Waals surface area contributed by atoms with Crippen LogP contribution in [0.1, 0.15) is 30.9 Å². The van der Waals surface area contributed by atoms with Gasteiger partial charge in [0, 0.05) is 5.92 Å². The number of benzene rings is 2. The van der Waals surface area contributed by atoms with Gasteiger partial charge in [-0.25, -0.2) is 0 Å². The highest BCUT2D eigenvalue weighted by Crippen LogP contribution is 2.38. The summed E-state index contributed by atoms with van der Waals surface area (Å²) in [4.78, 5) is 15.3. The summed E-state index contributed by atoms with van der Waals surface area (Å²) >= 11 is 0. The SMILES string of the molecule is CCN1CCC(C(=O)Nc2cc(/C=C\c3cc(OC)c(OC)c(OC)c3)ccc2OC)CC1. The smallest absolute Gasteiger partial charge is 0.227 e. The van der Waals surface area contributed by atoms with Crippen molar-refractivity contribution in [3.05, 3.63) is 41.5 Å². The molecule has 1 saturated heterocycles. The van der Waals surface area contributed by atoms with E-state index in [1.54, 1.807) is 28.4 Å². The highest BCUT2D eigenvalue weighted by molar-refractivity contribution is 5.94. The van der Waals surface area contributed by atoms with E-state index in [2.05, 4.69) is 17.1 Å². The van der Waals surface area contributed by atoms with Crippen LogP contribution >= 0.6 is 0 Å². The molecule has 7 nitrogen and oxygen atoms in total. The molecule has 7 heteroatoms. The lowest BCUT2D eigenvalue weighted by Gasteiger charge is -2.30. The lowest BCUT2D eigenvalue weighted by atomic mass is 9.96. The standard InChI is InChI=1S/C26H34N2O5/c1-6-28-13-11-20(12-14-28)26(29)27-21-15-18(9-10-22(21)30-2)7-8-19-16-23(31-3)25(33-5)24(17-19)32-4/h7-10,15-17,20H,6,11-14H2,1-5H3,(H,27,29)/b8-7-. The number of ether oxygens (including phenoxy) is 4. The van der Waals surface area contributed by atoms with E-state index in [4.69, 9.17) is 18.9 Å². The Labute approximate surface area is 196 Å². The Hall–Kier alpha value is -3.19. The summed E-state index contributed by atoms with van der Waals surface area (Å²) in [7, 11) is 6.37. The van der Waals surface area contributed by atoms with Crippen LogP contribution in [0.25, 0.3) is 12.2 Å². The van der Waals surface area contributed by atoms with Crippen molar-refractivity contribution in [2.24, 2.45) is 5.92 Å². The number of anilines is 1. The number of methoxy groups -OCH3 is 4. The molecule has 0 saturated carbocycles. The van der Waals surface area contributed by atoms with Gasteiger partial charge in [0.05, 0.1) is 34.1 Å². The molecule has 178 valence electrons. The van der Waals surface area contributed by atoms with Gasteiger partial charge in [0.2, 0.25) is 11.7 Å². The van der Waals surface area contributed by atoms with E-state index in [0.717, 1.165) is 43.6 Å². The fraction of sp³-hybridized carbons (Fsp3) is 0.423. The number of amides is 1. The predicted molar refractivity (Wildman–Crippen MR) is 131 cm³/mol. The van der Waals surface area contributed by atoms with E-state index >= 15 is 0 Å². The van der Waals surface area contributed by atoms with E-state index in [0.29, 0.717) is 28.7 Å². The molecule has 1 aliphatic heterocycles. The van der Waals surface area contributed by atoms with E-state index < -0.39 is 0 Å². The molecule has 33 heavy (non-hydrogen) atoms. The molecular weight excluding hydrogens is 420 g/mol. The molecule has 2 aromatic carbocycles. The molecule has 1 N–H and O–H groups in total. The van der Waals surface area contributed by atoms with Crippen molar-refractivity contribution < 1.29 is 23.7 Å². The van der Waals surface area contributed by atoms with Gasteiger partial charge in [-0.05, 0) is 67.9 Å². The highest BCUT2D eigenvalue weighted by atomic mass is 16.5. The average molecular weight is 455 g/mol. The summed E-state index contributed by atoms with van der Waals surface area (Å²) < 4.78 is 21.7. The molecule has 0 atom stereocenters. The normalized spacial score (nSPS) is 14.8. The topological polar surface area (TPSA) is 69.3 Å². The molecule has 1 amide bonds. The third kappa shape index (κ3) is 5.99. The van der Waals surface area contributed by atoms with Gasteiger partial charge < -0.3 is 29.2 Å². The Kier molecular flexibility index (Phi) is 8.60. The van der Waals surface area contributed by atoms with Gasteiger partial charge in [0.15, 0.2) is 11.5 Å². The number of rotatable bonds is 9. The Morgan fingerprint density at radius 1 is 0.909 bits per heavy atom. The summed E-state index contributed by atoms with van der Waals surface area (Å²) in [5, 5.41) is 3.08. The second-order valence-corrected chi connectivity index (χ2v) is 7.95. The first-order chi connectivity index (χ1) is 16.0. The molecule has 2 aromatic rings. The van der Waals surface area contributed by atoms with Crippen molar-refractivity contribution in [3.8, 4) is 23.0 Å². The fourth-order valence-corrected chi connectivity index (χ4v) is 4.06. The van der Waals surface area contributed by atoms with Crippen molar-refractivity contribution in [2.45, 2.75) is 19.8 Å². The van der Waals surface area contributed by atoms with Crippen molar-refractivity contribution in [1.82, 2.24) is 4.90 Å². The fourth-order valence-electron chi connectivity index (χ4n) is 4.06. The van der Waals surface area contributed by atoms with Gasteiger partial charge >= 0.3 is 0 Å². The minimum atomic E-state index is 0.0240. The van der Waals surface area contributed by atoms with Crippen LogP contribution in [0.4, 0.5) is 5.69 Å². The number of hydrogen-bond donors (Lipinski definition) is 1. The molecule has 0 aliphatic carbocycles. The largest absolute Gasteiger partial charge is 0.495 e. The van der Waals surface area contributed by atoms with Crippen LogP contribution in [0.2, 0.25) is 0 Å². The molecule has 0 aromatic heterocycles. The maximum atomic E-state index is 12.9. The van der Waals surface area contributed by atoms with Gasteiger partial charge in [-0.2, -0.15) is 0 Å². The van der Waals surface area contributed by atoms with E-state index in [9.17, 15) is 4.79 Å². The monoisotopic (exact) mass is 454 g/mol.